The number of rotatable bonds is 6. The van der Waals surface area contributed by atoms with Crippen molar-refractivity contribution in [2.75, 3.05) is 26.2 Å². The molecule has 2 aromatic rings. The Morgan fingerprint density at radius 3 is 2.29 bits per heavy atom. The van der Waals surface area contributed by atoms with Crippen molar-refractivity contribution in [3.05, 3.63) is 56.9 Å². The molecule has 0 bridgehead atoms. The Hall–Kier alpha value is -3.25. The van der Waals surface area contributed by atoms with Gasteiger partial charge in [0.25, 0.3) is 5.91 Å². The molecule has 3 rings (SSSR count). The van der Waals surface area contributed by atoms with E-state index in [1.54, 1.807) is 30.7 Å². The average Bonchev–Trinajstić information content (AvgIpc) is 3.02. The molecule has 164 valence electrons. The summed E-state index contributed by atoms with van der Waals surface area (Å²) in [6, 6.07) is 9.53. The van der Waals surface area contributed by atoms with Gasteiger partial charge in [0.15, 0.2) is 0 Å². The highest BCUT2D eigenvalue weighted by atomic mass is 16.6. The third kappa shape index (κ3) is 4.75. The SMILES string of the molecule is Cc1nn(Cc2ccc(C(=O)N3CCN(C(C#N)C(C)C)CC3)cc2)c(C)c1[N+](=O)[O-]. The predicted molar refractivity (Wildman–Crippen MR) is 116 cm³/mol. The van der Waals surface area contributed by atoms with E-state index >= 15 is 0 Å². The summed E-state index contributed by atoms with van der Waals surface area (Å²) in [4.78, 5) is 27.6. The van der Waals surface area contributed by atoms with Crippen LogP contribution in [0.15, 0.2) is 24.3 Å². The number of amides is 1. The van der Waals surface area contributed by atoms with Crippen LogP contribution >= 0.6 is 0 Å². The summed E-state index contributed by atoms with van der Waals surface area (Å²) in [5, 5.41) is 24.8. The third-order valence-corrected chi connectivity index (χ3v) is 5.82. The van der Waals surface area contributed by atoms with Gasteiger partial charge in [-0.05, 0) is 37.5 Å². The van der Waals surface area contributed by atoms with E-state index in [1.165, 1.54) is 0 Å². The first-order valence-electron chi connectivity index (χ1n) is 10.4. The molecule has 0 spiro atoms. The normalized spacial score (nSPS) is 15.7. The Labute approximate surface area is 182 Å². The molecule has 1 atom stereocenters. The maximum atomic E-state index is 12.9. The highest BCUT2D eigenvalue weighted by Crippen LogP contribution is 2.23. The molecule has 0 aliphatic carbocycles. The lowest BCUT2D eigenvalue weighted by Gasteiger charge is -2.38. The number of nitro groups is 1. The van der Waals surface area contributed by atoms with Gasteiger partial charge in [-0.15, -0.1) is 0 Å². The molecule has 31 heavy (non-hydrogen) atoms. The summed E-state index contributed by atoms with van der Waals surface area (Å²) in [6.07, 6.45) is 0. The second-order valence-corrected chi connectivity index (χ2v) is 8.28. The highest BCUT2D eigenvalue weighted by molar-refractivity contribution is 5.94. The van der Waals surface area contributed by atoms with Gasteiger partial charge in [-0.25, -0.2) is 0 Å². The fraction of sp³-hybridized carbons (Fsp3) is 0.500. The molecular formula is C22H28N6O3. The molecule has 0 N–H and O–H groups in total. The van der Waals surface area contributed by atoms with Crippen LogP contribution < -0.4 is 0 Å². The van der Waals surface area contributed by atoms with E-state index < -0.39 is 4.92 Å². The number of benzene rings is 1. The standard InChI is InChI=1S/C22H28N6O3/c1-15(2)20(13-23)25-9-11-26(12-10-25)22(29)19-7-5-18(6-8-19)14-27-17(4)21(28(30)31)16(3)24-27/h5-8,15,20H,9-12,14H2,1-4H3. The summed E-state index contributed by atoms with van der Waals surface area (Å²) in [5.41, 5.74) is 2.47. The lowest BCUT2D eigenvalue weighted by Crippen LogP contribution is -2.52. The first-order chi connectivity index (χ1) is 14.7. The smallest absolute Gasteiger partial charge is 0.312 e. The molecule has 1 amide bonds. The number of nitriles is 1. The minimum absolute atomic E-state index is 0.0222. The molecule has 1 aliphatic rings. The van der Waals surface area contributed by atoms with E-state index in [0.29, 0.717) is 49.7 Å². The van der Waals surface area contributed by atoms with E-state index in [1.807, 2.05) is 30.9 Å². The molecule has 2 heterocycles. The van der Waals surface area contributed by atoms with Crippen LogP contribution in [0.3, 0.4) is 0 Å². The number of aryl methyl sites for hydroxylation is 1. The van der Waals surface area contributed by atoms with Crippen LogP contribution in [0, 0.1) is 41.2 Å². The molecule has 1 aliphatic heterocycles. The molecule has 1 unspecified atom stereocenters. The number of nitrogens with zero attached hydrogens (tertiary/aromatic N) is 6. The first-order valence-corrected chi connectivity index (χ1v) is 10.4. The zero-order valence-electron chi connectivity index (χ0n) is 18.4. The van der Waals surface area contributed by atoms with Gasteiger partial charge in [-0.2, -0.15) is 10.4 Å². The van der Waals surface area contributed by atoms with E-state index in [2.05, 4.69) is 16.1 Å². The van der Waals surface area contributed by atoms with E-state index in [9.17, 15) is 20.2 Å². The van der Waals surface area contributed by atoms with Crippen LogP contribution in [-0.4, -0.2) is 62.6 Å². The minimum atomic E-state index is -0.407. The van der Waals surface area contributed by atoms with Gasteiger partial charge in [-0.3, -0.25) is 24.5 Å². The maximum absolute atomic E-state index is 12.9. The van der Waals surface area contributed by atoms with E-state index in [-0.39, 0.29) is 23.6 Å². The zero-order chi connectivity index (χ0) is 22.7. The Morgan fingerprint density at radius 2 is 1.81 bits per heavy atom. The van der Waals surface area contributed by atoms with Crippen LogP contribution in [0.4, 0.5) is 5.69 Å². The topological polar surface area (TPSA) is 108 Å². The summed E-state index contributed by atoms with van der Waals surface area (Å²) in [5.74, 6) is 0.231. The van der Waals surface area contributed by atoms with Gasteiger partial charge in [-0.1, -0.05) is 26.0 Å². The maximum Gasteiger partial charge on any atom is 0.312 e. The fourth-order valence-electron chi connectivity index (χ4n) is 4.07. The fourth-order valence-corrected chi connectivity index (χ4v) is 4.07. The number of hydrogen-bond donors (Lipinski definition) is 0. The second-order valence-electron chi connectivity index (χ2n) is 8.28. The van der Waals surface area contributed by atoms with Crippen LogP contribution in [-0.2, 0) is 6.54 Å². The van der Waals surface area contributed by atoms with E-state index in [4.69, 9.17) is 0 Å². The van der Waals surface area contributed by atoms with Gasteiger partial charge < -0.3 is 4.90 Å². The van der Waals surface area contributed by atoms with Gasteiger partial charge in [0.05, 0.1) is 17.5 Å². The summed E-state index contributed by atoms with van der Waals surface area (Å²) in [6.45, 7) is 10.4. The third-order valence-electron chi connectivity index (χ3n) is 5.82. The Balaban J connectivity index is 1.63. The monoisotopic (exact) mass is 424 g/mol. The van der Waals surface area contributed by atoms with Gasteiger partial charge in [0.2, 0.25) is 0 Å². The Bertz CT molecular complexity index is 997. The van der Waals surface area contributed by atoms with Crippen molar-refractivity contribution in [3.8, 4) is 6.07 Å². The molecule has 9 heteroatoms. The van der Waals surface area contributed by atoms with Crippen molar-refractivity contribution in [1.29, 1.82) is 5.26 Å². The zero-order valence-corrected chi connectivity index (χ0v) is 18.4. The molecule has 0 radical (unpaired) electrons. The molecule has 0 saturated carbocycles. The highest BCUT2D eigenvalue weighted by Gasteiger charge is 2.28. The van der Waals surface area contributed by atoms with E-state index in [0.717, 1.165) is 5.56 Å². The second kappa shape index (κ2) is 9.27. The number of carbonyl (C=O) groups excluding carboxylic acids is 1. The molecule has 9 nitrogen and oxygen atoms in total. The molecule has 1 saturated heterocycles. The lowest BCUT2D eigenvalue weighted by atomic mass is 10.0. The van der Waals surface area contributed by atoms with Gasteiger partial charge >= 0.3 is 5.69 Å². The van der Waals surface area contributed by atoms with Crippen LogP contribution in [0.1, 0.15) is 41.2 Å². The van der Waals surface area contributed by atoms with Crippen molar-refractivity contribution < 1.29 is 9.72 Å². The molecule has 1 fully saturated rings. The minimum Gasteiger partial charge on any atom is -0.336 e. The quantitative estimate of drug-likeness (QED) is 0.521. The molecule has 1 aromatic carbocycles. The van der Waals surface area contributed by atoms with Gasteiger partial charge in [0.1, 0.15) is 17.4 Å². The Morgan fingerprint density at radius 1 is 1.19 bits per heavy atom. The largest absolute Gasteiger partial charge is 0.336 e. The van der Waals surface area contributed by atoms with Crippen molar-refractivity contribution in [1.82, 2.24) is 19.6 Å². The van der Waals surface area contributed by atoms with Crippen molar-refractivity contribution in [3.63, 3.8) is 0 Å². The van der Waals surface area contributed by atoms with Crippen LogP contribution in [0.5, 0.6) is 0 Å². The first kappa shape index (κ1) is 22.4. The number of hydrogen-bond acceptors (Lipinski definition) is 6. The molecule has 1 aromatic heterocycles. The van der Waals surface area contributed by atoms with Crippen molar-refractivity contribution in [2.45, 2.75) is 40.3 Å². The predicted octanol–water partition coefficient (Wildman–Crippen LogP) is 2.76. The molecular weight excluding hydrogens is 396 g/mol. The summed E-state index contributed by atoms with van der Waals surface area (Å²) >= 11 is 0. The van der Waals surface area contributed by atoms with Crippen LogP contribution in [0.25, 0.3) is 0 Å². The summed E-state index contributed by atoms with van der Waals surface area (Å²) < 4.78 is 1.61. The number of carbonyl (C=O) groups is 1. The van der Waals surface area contributed by atoms with Crippen molar-refractivity contribution >= 4 is 11.6 Å². The number of piperazine rings is 1. The average molecular weight is 425 g/mol. The number of aromatic nitrogens is 2. The van der Waals surface area contributed by atoms with Crippen molar-refractivity contribution in [2.24, 2.45) is 5.92 Å². The lowest BCUT2D eigenvalue weighted by molar-refractivity contribution is -0.386. The van der Waals surface area contributed by atoms with Crippen LogP contribution in [0.2, 0.25) is 0 Å². The Kier molecular flexibility index (Phi) is 6.71. The van der Waals surface area contributed by atoms with Gasteiger partial charge in [0, 0.05) is 31.7 Å². The summed E-state index contributed by atoms with van der Waals surface area (Å²) in [7, 11) is 0.